The predicted molar refractivity (Wildman–Crippen MR) is 126 cm³/mol. The van der Waals surface area contributed by atoms with Gasteiger partial charge in [-0.1, -0.05) is 39.3 Å². The lowest BCUT2D eigenvalue weighted by Gasteiger charge is -2.59. The van der Waals surface area contributed by atoms with E-state index in [-0.39, 0.29) is 29.2 Å². The van der Waals surface area contributed by atoms with Gasteiger partial charge in [-0.15, -0.1) is 0 Å². The van der Waals surface area contributed by atoms with Crippen LogP contribution in [0.1, 0.15) is 60.3 Å². The Bertz CT molecular complexity index is 942. The Morgan fingerprint density at radius 1 is 1.31 bits per heavy atom. The molecule has 32 heavy (non-hydrogen) atoms. The van der Waals surface area contributed by atoms with Gasteiger partial charge in [0, 0.05) is 23.7 Å². The van der Waals surface area contributed by atoms with E-state index in [1.807, 2.05) is 19.1 Å². The average Bonchev–Trinajstić information content (AvgIpc) is 3.25. The number of hydrazone groups is 1. The number of aliphatic hydroxyl groups is 1. The summed E-state index contributed by atoms with van der Waals surface area (Å²) in [5.74, 6) is 4.76. The van der Waals surface area contributed by atoms with Crippen molar-refractivity contribution < 1.29 is 18.7 Å². The number of hydrogen-bond acceptors (Lipinski definition) is 5. The number of epoxide rings is 1. The van der Waals surface area contributed by atoms with E-state index in [4.69, 9.17) is 15.0 Å². The molecule has 5 aliphatic rings. The second-order valence-electron chi connectivity index (χ2n) is 12.7. The zero-order valence-corrected chi connectivity index (χ0v) is 21.5. The van der Waals surface area contributed by atoms with Crippen LogP contribution in [0.2, 0.25) is 18.1 Å². The number of ether oxygens (including phenoxy) is 1. The van der Waals surface area contributed by atoms with Crippen molar-refractivity contribution in [1.82, 2.24) is 0 Å². The van der Waals surface area contributed by atoms with Crippen molar-refractivity contribution in [3.63, 3.8) is 0 Å². The number of rotatable bonds is 2. The molecule has 7 heteroatoms. The smallest absolute Gasteiger partial charge is 0.196 e. The number of halogens is 1. The van der Waals surface area contributed by atoms with Gasteiger partial charge in [0.05, 0.1) is 11.8 Å². The fourth-order valence-electron chi connectivity index (χ4n) is 7.34. The zero-order valence-electron chi connectivity index (χ0n) is 20.5. The normalized spacial score (nSPS) is 50.9. The third-order valence-corrected chi connectivity index (χ3v) is 14.6. The standard InChI is InChI=1S/C25H39FN2O3Si/c1-15-12-19-18-9-8-16-13-17(28-27)10-11-22(16,5)24(18,26)20(29)14-23(19)25(15,30-23)31-32(6,7)21(2,3)4/h10-11,13,15,18-20,29H,8-9,12,14,27H2,1-7H3/b28-17+/t15-,18+,19+,20+,22+,23-,24+,25?/m1/s1. The van der Waals surface area contributed by atoms with Crippen LogP contribution in [0.4, 0.5) is 4.39 Å². The molecule has 5 rings (SSSR count). The Kier molecular flexibility index (Phi) is 4.51. The van der Waals surface area contributed by atoms with Gasteiger partial charge in [0.1, 0.15) is 5.60 Å². The summed E-state index contributed by atoms with van der Waals surface area (Å²) in [4.78, 5) is 0. The number of aliphatic hydroxyl groups excluding tert-OH is 1. The molecule has 0 aromatic rings. The molecule has 1 heterocycles. The van der Waals surface area contributed by atoms with Crippen molar-refractivity contribution in [2.75, 3.05) is 0 Å². The fourth-order valence-corrected chi connectivity index (χ4v) is 8.82. The first-order chi connectivity index (χ1) is 14.7. The molecule has 4 aliphatic carbocycles. The van der Waals surface area contributed by atoms with E-state index in [0.717, 1.165) is 18.4 Å². The van der Waals surface area contributed by atoms with Gasteiger partial charge in [-0.05, 0) is 62.4 Å². The van der Waals surface area contributed by atoms with Gasteiger partial charge < -0.3 is 20.1 Å². The van der Waals surface area contributed by atoms with Gasteiger partial charge in [0.25, 0.3) is 0 Å². The minimum Gasteiger partial charge on any atom is -0.390 e. The Morgan fingerprint density at radius 2 is 2.00 bits per heavy atom. The maximum Gasteiger partial charge on any atom is 0.196 e. The van der Waals surface area contributed by atoms with Crippen LogP contribution in [0.3, 0.4) is 0 Å². The largest absolute Gasteiger partial charge is 0.390 e. The van der Waals surface area contributed by atoms with Crippen molar-refractivity contribution >= 4 is 14.0 Å². The molecule has 1 aliphatic heterocycles. The topological polar surface area (TPSA) is 80.4 Å². The summed E-state index contributed by atoms with van der Waals surface area (Å²) in [5, 5.41) is 15.3. The van der Waals surface area contributed by atoms with Crippen LogP contribution in [-0.2, 0) is 9.16 Å². The molecule has 0 aromatic carbocycles. The summed E-state index contributed by atoms with van der Waals surface area (Å²) in [6, 6.07) is 0. The van der Waals surface area contributed by atoms with Gasteiger partial charge in [-0.3, -0.25) is 0 Å². The van der Waals surface area contributed by atoms with E-state index >= 15 is 4.39 Å². The molecule has 3 saturated carbocycles. The molecule has 178 valence electrons. The number of alkyl halides is 1. The van der Waals surface area contributed by atoms with E-state index in [0.29, 0.717) is 12.1 Å². The zero-order chi connectivity index (χ0) is 23.5. The fraction of sp³-hybridized carbons (Fsp3) is 0.800. The monoisotopic (exact) mass is 462 g/mol. The van der Waals surface area contributed by atoms with Crippen LogP contribution in [0, 0.1) is 23.2 Å². The van der Waals surface area contributed by atoms with Crippen LogP contribution in [0.25, 0.3) is 0 Å². The molecule has 8 atom stereocenters. The summed E-state index contributed by atoms with van der Waals surface area (Å²) in [7, 11) is -2.11. The second-order valence-corrected chi connectivity index (χ2v) is 17.4. The van der Waals surface area contributed by atoms with Gasteiger partial charge in [-0.2, -0.15) is 5.10 Å². The van der Waals surface area contributed by atoms with Crippen molar-refractivity contribution in [2.24, 2.45) is 34.1 Å². The number of nitrogens with two attached hydrogens (primary N) is 1. The molecule has 1 unspecified atom stereocenters. The van der Waals surface area contributed by atoms with E-state index < -0.39 is 36.9 Å². The predicted octanol–water partition coefficient (Wildman–Crippen LogP) is 4.83. The minimum absolute atomic E-state index is 0.0482. The molecule has 0 amide bonds. The highest BCUT2D eigenvalue weighted by Crippen LogP contribution is 2.76. The molecule has 4 fully saturated rings. The molecule has 0 aromatic heterocycles. The summed E-state index contributed by atoms with van der Waals surface area (Å²) in [5.41, 5.74) is -1.55. The first-order valence-corrected chi connectivity index (χ1v) is 15.0. The Hall–Kier alpha value is -1.02. The Balaban J connectivity index is 1.53. The minimum atomic E-state index is -2.11. The van der Waals surface area contributed by atoms with Gasteiger partial charge >= 0.3 is 0 Å². The van der Waals surface area contributed by atoms with Crippen LogP contribution < -0.4 is 5.84 Å². The van der Waals surface area contributed by atoms with Crippen molar-refractivity contribution in [3.8, 4) is 0 Å². The number of hydrogen-bond donors (Lipinski definition) is 2. The molecule has 3 N–H and O–H groups in total. The maximum absolute atomic E-state index is 17.3. The van der Waals surface area contributed by atoms with Gasteiger partial charge in [0.2, 0.25) is 0 Å². The third kappa shape index (κ3) is 2.46. The lowest BCUT2D eigenvalue weighted by Crippen LogP contribution is -2.66. The van der Waals surface area contributed by atoms with Crippen molar-refractivity contribution in [1.29, 1.82) is 0 Å². The first kappa shape index (κ1) is 22.8. The highest BCUT2D eigenvalue weighted by Gasteiger charge is 2.87. The molecule has 1 saturated heterocycles. The molecular weight excluding hydrogens is 423 g/mol. The van der Waals surface area contributed by atoms with Gasteiger partial charge in [0.15, 0.2) is 19.8 Å². The highest BCUT2D eigenvalue weighted by atomic mass is 28.4. The highest BCUT2D eigenvalue weighted by molar-refractivity contribution is 6.74. The van der Waals surface area contributed by atoms with E-state index in [9.17, 15) is 5.11 Å². The maximum atomic E-state index is 17.3. The van der Waals surface area contributed by atoms with Crippen LogP contribution in [-0.4, -0.2) is 42.3 Å². The second kappa shape index (κ2) is 6.35. The van der Waals surface area contributed by atoms with E-state index in [1.54, 1.807) is 6.08 Å². The van der Waals surface area contributed by atoms with E-state index in [1.165, 1.54) is 0 Å². The first-order valence-electron chi connectivity index (χ1n) is 12.1. The summed E-state index contributed by atoms with van der Waals surface area (Å²) >= 11 is 0. The molecule has 1 spiro atoms. The quantitative estimate of drug-likeness (QED) is 0.267. The third-order valence-electron chi connectivity index (χ3n) is 10.2. The number of allylic oxidation sites excluding steroid dienone is 4. The lowest BCUT2D eigenvalue weighted by atomic mass is 9.48. The van der Waals surface area contributed by atoms with Crippen LogP contribution in [0.15, 0.2) is 28.9 Å². The lowest BCUT2D eigenvalue weighted by molar-refractivity contribution is -0.179. The van der Waals surface area contributed by atoms with Crippen LogP contribution >= 0.6 is 0 Å². The Morgan fingerprint density at radius 3 is 2.62 bits per heavy atom. The molecule has 0 radical (unpaired) electrons. The molecule has 0 bridgehead atoms. The van der Waals surface area contributed by atoms with Crippen molar-refractivity contribution in [3.05, 3.63) is 23.8 Å². The SMILES string of the molecule is C[C@@H]1C[C@H]2[C@@H]3CCC4=C/C(=N/N)C=C[C@]4(C)[C@@]3(F)[C@@H](O)C[C@@]23OC13O[Si](C)(C)C(C)(C)C. The molecule has 5 nitrogen and oxygen atoms in total. The van der Waals surface area contributed by atoms with Gasteiger partial charge in [-0.25, -0.2) is 4.39 Å². The van der Waals surface area contributed by atoms with Crippen molar-refractivity contribution in [2.45, 2.75) is 102 Å². The number of nitrogens with zero attached hydrogens (tertiary/aromatic N) is 1. The average molecular weight is 463 g/mol. The summed E-state index contributed by atoms with van der Waals surface area (Å²) in [6.45, 7) is 15.3. The Labute approximate surface area is 192 Å². The number of fused-ring (bicyclic) bond motifs is 4. The summed E-state index contributed by atoms with van der Waals surface area (Å²) < 4.78 is 30.8. The summed E-state index contributed by atoms with van der Waals surface area (Å²) in [6.07, 6.45) is 7.11. The van der Waals surface area contributed by atoms with E-state index in [2.05, 4.69) is 45.9 Å². The van der Waals surface area contributed by atoms with Crippen LogP contribution in [0.5, 0.6) is 0 Å². The molecular formula is C25H39FN2O3Si.